The van der Waals surface area contributed by atoms with Crippen LogP contribution in [0.1, 0.15) is 16.8 Å². The van der Waals surface area contributed by atoms with Crippen molar-refractivity contribution in [1.29, 1.82) is 5.41 Å². The normalized spacial score (nSPS) is 10.5. The molecule has 2 aromatic rings. The first-order valence-corrected chi connectivity index (χ1v) is 5.72. The van der Waals surface area contributed by atoms with E-state index in [0.29, 0.717) is 28.5 Å². The number of aromatic nitrogens is 2. The van der Waals surface area contributed by atoms with Crippen molar-refractivity contribution in [2.45, 2.75) is 13.8 Å². The topological polar surface area (TPSA) is 76.9 Å². The summed E-state index contributed by atoms with van der Waals surface area (Å²) >= 11 is 0. The molecule has 0 saturated carbocycles. The number of nitrogens with one attached hydrogen (secondary N) is 1. The van der Waals surface area contributed by atoms with Gasteiger partial charge in [0.1, 0.15) is 23.0 Å². The number of amidine groups is 1. The van der Waals surface area contributed by atoms with Crippen LogP contribution in [0.5, 0.6) is 11.6 Å². The fourth-order valence-electron chi connectivity index (χ4n) is 1.86. The highest BCUT2D eigenvalue weighted by Crippen LogP contribution is 2.27. The molecule has 0 atom stereocenters. The second-order valence-corrected chi connectivity index (χ2v) is 4.32. The monoisotopic (exact) mass is 262 g/mol. The molecule has 1 heterocycles. The van der Waals surface area contributed by atoms with E-state index in [2.05, 4.69) is 5.10 Å². The Morgan fingerprint density at radius 3 is 2.68 bits per heavy atom. The molecule has 0 aliphatic rings. The van der Waals surface area contributed by atoms with Crippen LogP contribution in [0.3, 0.4) is 0 Å². The zero-order chi connectivity index (χ0) is 14.2. The molecule has 0 saturated heterocycles. The van der Waals surface area contributed by atoms with Crippen molar-refractivity contribution in [3.8, 4) is 11.6 Å². The fraction of sp³-hybridized carbons (Fsp3) is 0.231. The van der Waals surface area contributed by atoms with Gasteiger partial charge in [-0.25, -0.2) is 9.07 Å². The minimum atomic E-state index is -0.291. The Morgan fingerprint density at radius 2 is 2.11 bits per heavy atom. The number of rotatable bonds is 3. The number of nitrogens with zero attached hydrogens (tertiary/aromatic N) is 2. The van der Waals surface area contributed by atoms with E-state index >= 15 is 0 Å². The lowest BCUT2D eigenvalue weighted by Crippen LogP contribution is -2.13. The maximum Gasteiger partial charge on any atom is 0.228 e. The standard InChI is InChI=1S/C13H15FN4O/c1-7-6-9(4-5-10(7)14)19-13-11(12(15)16)8(2)17-18(13)3/h4-6H,1-3H3,(H3,15,16). The average molecular weight is 262 g/mol. The van der Waals surface area contributed by atoms with Gasteiger partial charge in [0.15, 0.2) is 0 Å². The summed E-state index contributed by atoms with van der Waals surface area (Å²) in [4.78, 5) is 0. The van der Waals surface area contributed by atoms with Gasteiger partial charge in [-0.05, 0) is 37.6 Å². The van der Waals surface area contributed by atoms with Gasteiger partial charge in [0.2, 0.25) is 5.88 Å². The molecule has 6 heteroatoms. The number of nitrogen functional groups attached to an aromatic ring is 1. The van der Waals surface area contributed by atoms with Crippen LogP contribution in [0.25, 0.3) is 0 Å². The molecule has 2 rings (SSSR count). The summed E-state index contributed by atoms with van der Waals surface area (Å²) < 4.78 is 20.4. The highest BCUT2D eigenvalue weighted by molar-refractivity contribution is 5.98. The van der Waals surface area contributed by atoms with Crippen LogP contribution in [0, 0.1) is 25.1 Å². The number of benzene rings is 1. The maximum absolute atomic E-state index is 13.2. The van der Waals surface area contributed by atoms with Gasteiger partial charge in [0.25, 0.3) is 0 Å². The smallest absolute Gasteiger partial charge is 0.228 e. The molecule has 100 valence electrons. The van der Waals surface area contributed by atoms with Crippen molar-refractivity contribution in [2.75, 3.05) is 0 Å². The van der Waals surface area contributed by atoms with E-state index < -0.39 is 0 Å². The van der Waals surface area contributed by atoms with Gasteiger partial charge in [-0.2, -0.15) is 5.10 Å². The predicted molar refractivity (Wildman–Crippen MR) is 70.2 cm³/mol. The lowest BCUT2D eigenvalue weighted by molar-refractivity contribution is 0.428. The van der Waals surface area contributed by atoms with Crippen molar-refractivity contribution >= 4 is 5.84 Å². The van der Waals surface area contributed by atoms with Crippen molar-refractivity contribution in [1.82, 2.24) is 9.78 Å². The van der Waals surface area contributed by atoms with Gasteiger partial charge in [0.05, 0.1) is 5.69 Å². The third kappa shape index (κ3) is 2.42. The van der Waals surface area contributed by atoms with Gasteiger partial charge in [0, 0.05) is 7.05 Å². The molecule has 0 amide bonds. The van der Waals surface area contributed by atoms with Crippen molar-refractivity contribution in [2.24, 2.45) is 12.8 Å². The lowest BCUT2D eigenvalue weighted by atomic mass is 10.2. The molecule has 0 aliphatic carbocycles. The number of halogens is 1. The Labute approximate surface area is 110 Å². The summed E-state index contributed by atoms with van der Waals surface area (Å²) in [5, 5.41) is 11.7. The van der Waals surface area contributed by atoms with Crippen LogP contribution in [-0.2, 0) is 7.05 Å². The van der Waals surface area contributed by atoms with Gasteiger partial charge >= 0.3 is 0 Å². The first-order valence-electron chi connectivity index (χ1n) is 5.72. The van der Waals surface area contributed by atoms with E-state index in [1.165, 1.54) is 16.8 Å². The van der Waals surface area contributed by atoms with E-state index in [4.69, 9.17) is 15.9 Å². The zero-order valence-corrected chi connectivity index (χ0v) is 11.0. The van der Waals surface area contributed by atoms with Crippen molar-refractivity contribution in [3.05, 3.63) is 40.8 Å². The highest BCUT2D eigenvalue weighted by Gasteiger charge is 2.18. The van der Waals surface area contributed by atoms with E-state index in [9.17, 15) is 4.39 Å². The van der Waals surface area contributed by atoms with Crippen molar-refractivity contribution < 1.29 is 9.13 Å². The Balaban J connectivity index is 2.43. The first kappa shape index (κ1) is 13.1. The predicted octanol–water partition coefficient (Wildman–Crippen LogP) is 2.25. The molecule has 1 aromatic heterocycles. The largest absolute Gasteiger partial charge is 0.438 e. The molecule has 0 fully saturated rings. The van der Waals surface area contributed by atoms with E-state index in [1.807, 2.05) is 0 Å². The SMILES string of the molecule is Cc1cc(Oc2c(C(=N)N)c(C)nn2C)ccc1F. The summed E-state index contributed by atoms with van der Waals surface area (Å²) in [5.74, 6) is 0.445. The Morgan fingerprint density at radius 1 is 1.42 bits per heavy atom. The molecule has 0 unspecified atom stereocenters. The van der Waals surface area contributed by atoms with E-state index in [1.54, 1.807) is 27.0 Å². The van der Waals surface area contributed by atoms with Crippen LogP contribution in [0.4, 0.5) is 4.39 Å². The summed E-state index contributed by atoms with van der Waals surface area (Å²) in [6, 6.07) is 4.44. The molecule has 0 radical (unpaired) electrons. The van der Waals surface area contributed by atoms with Crippen LogP contribution in [-0.4, -0.2) is 15.6 Å². The molecule has 0 aliphatic heterocycles. The number of hydrogen-bond acceptors (Lipinski definition) is 3. The molecular formula is C13H15FN4O. The highest BCUT2D eigenvalue weighted by atomic mass is 19.1. The van der Waals surface area contributed by atoms with E-state index in [0.717, 1.165) is 0 Å². The molecule has 3 N–H and O–H groups in total. The van der Waals surface area contributed by atoms with Gasteiger partial charge in [-0.1, -0.05) is 0 Å². The van der Waals surface area contributed by atoms with Crippen LogP contribution < -0.4 is 10.5 Å². The van der Waals surface area contributed by atoms with Gasteiger partial charge < -0.3 is 10.5 Å². The number of nitrogens with two attached hydrogens (primary N) is 1. The zero-order valence-electron chi connectivity index (χ0n) is 11.0. The summed E-state index contributed by atoms with van der Waals surface area (Å²) in [5.41, 5.74) is 7.08. The minimum absolute atomic E-state index is 0.112. The lowest BCUT2D eigenvalue weighted by Gasteiger charge is -2.09. The van der Waals surface area contributed by atoms with Crippen LogP contribution in [0.2, 0.25) is 0 Å². The van der Waals surface area contributed by atoms with Crippen LogP contribution >= 0.6 is 0 Å². The number of aryl methyl sites for hydroxylation is 3. The Hall–Kier alpha value is -2.37. The molecule has 19 heavy (non-hydrogen) atoms. The van der Waals surface area contributed by atoms with E-state index in [-0.39, 0.29) is 11.7 Å². The number of hydrogen-bond donors (Lipinski definition) is 2. The molecule has 1 aromatic carbocycles. The second kappa shape index (κ2) is 4.72. The van der Waals surface area contributed by atoms with Gasteiger partial charge in [-0.15, -0.1) is 0 Å². The molecular weight excluding hydrogens is 247 g/mol. The minimum Gasteiger partial charge on any atom is -0.438 e. The Bertz CT molecular complexity index is 648. The summed E-state index contributed by atoms with van der Waals surface area (Å²) in [7, 11) is 1.70. The van der Waals surface area contributed by atoms with Gasteiger partial charge in [-0.3, -0.25) is 5.41 Å². The van der Waals surface area contributed by atoms with Crippen molar-refractivity contribution in [3.63, 3.8) is 0 Å². The summed E-state index contributed by atoms with van der Waals surface area (Å²) in [6.45, 7) is 3.40. The van der Waals surface area contributed by atoms with Crippen LogP contribution in [0.15, 0.2) is 18.2 Å². The average Bonchev–Trinajstić information content (AvgIpc) is 2.59. The second-order valence-electron chi connectivity index (χ2n) is 4.32. The maximum atomic E-state index is 13.2. The molecule has 0 bridgehead atoms. The third-order valence-corrected chi connectivity index (χ3v) is 2.78. The number of ether oxygens (including phenoxy) is 1. The molecule has 0 spiro atoms. The molecule has 5 nitrogen and oxygen atoms in total. The quantitative estimate of drug-likeness (QED) is 0.658. The summed E-state index contributed by atoms with van der Waals surface area (Å²) in [6.07, 6.45) is 0. The Kier molecular flexibility index (Phi) is 3.25. The first-order chi connectivity index (χ1) is 8.90. The third-order valence-electron chi connectivity index (χ3n) is 2.78. The fourth-order valence-corrected chi connectivity index (χ4v) is 1.86.